The zero-order valence-corrected chi connectivity index (χ0v) is 17.4. The minimum absolute atomic E-state index is 0.133. The van der Waals surface area contributed by atoms with Crippen molar-refractivity contribution in [3.63, 3.8) is 0 Å². The third-order valence-corrected chi connectivity index (χ3v) is 6.51. The van der Waals surface area contributed by atoms with Crippen LogP contribution in [-0.2, 0) is 14.4 Å². The van der Waals surface area contributed by atoms with Crippen LogP contribution in [0, 0.1) is 11.8 Å². The molecular weight excluding hydrogens is 396 g/mol. The number of imide groups is 1. The van der Waals surface area contributed by atoms with Gasteiger partial charge < -0.3 is 14.4 Å². The minimum Gasteiger partial charge on any atom is -0.497 e. The van der Waals surface area contributed by atoms with Crippen LogP contribution in [0.25, 0.3) is 6.08 Å². The van der Waals surface area contributed by atoms with Crippen LogP contribution < -0.4 is 14.4 Å². The van der Waals surface area contributed by atoms with Crippen molar-refractivity contribution in [1.82, 2.24) is 4.90 Å². The summed E-state index contributed by atoms with van der Waals surface area (Å²) in [5.74, 6) is -1.32. The van der Waals surface area contributed by atoms with Gasteiger partial charge in [0.1, 0.15) is 11.5 Å². The SMILES string of the molecule is COc1ccc(N2C(=O)[C@H]3[C@H](C2=O)[C@@H]2c4ccccc4C=CN2[C@H]3C(C)=O)c(OC)c1. The third kappa shape index (κ3) is 2.62. The summed E-state index contributed by atoms with van der Waals surface area (Å²) in [5, 5.41) is 0. The molecule has 3 aliphatic heterocycles. The molecule has 3 heterocycles. The Morgan fingerprint density at radius 2 is 1.71 bits per heavy atom. The van der Waals surface area contributed by atoms with Crippen molar-refractivity contribution in [2.75, 3.05) is 19.1 Å². The number of hydrogen-bond donors (Lipinski definition) is 0. The molecule has 0 unspecified atom stereocenters. The van der Waals surface area contributed by atoms with Gasteiger partial charge in [-0.3, -0.25) is 14.4 Å². The summed E-state index contributed by atoms with van der Waals surface area (Å²) in [4.78, 5) is 43.0. The number of carbonyl (C=O) groups excluding carboxylic acids is 3. The maximum Gasteiger partial charge on any atom is 0.240 e. The maximum atomic E-state index is 13.7. The number of anilines is 1. The van der Waals surface area contributed by atoms with Gasteiger partial charge in [-0.15, -0.1) is 0 Å². The fourth-order valence-electron chi connectivity index (χ4n) is 5.23. The number of methoxy groups -OCH3 is 2. The maximum absolute atomic E-state index is 13.7. The molecule has 2 saturated heterocycles. The van der Waals surface area contributed by atoms with Gasteiger partial charge in [-0.1, -0.05) is 24.3 Å². The Labute approximate surface area is 179 Å². The molecule has 3 aliphatic rings. The van der Waals surface area contributed by atoms with Crippen molar-refractivity contribution in [2.45, 2.75) is 19.0 Å². The quantitative estimate of drug-likeness (QED) is 0.711. The molecule has 0 aliphatic carbocycles. The molecule has 0 saturated carbocycles. The number of ether oxygens (including phenoxy) is 2. The highest BCUT2D eigenvalue weighted by atomic mass is 16.5. The molecule has 0 spiro atoms. The van der Waals surface area contributed by atoms with E-state index in [1.807, 2.05) is 41.4 Å². The average molecular weight is 418 g/mol. The molecule has 4 atom stereocenters. The van der Waals surface area contributed by atoms with Crippen LogP contribution in [-0.4, -0.2) is 42.8 Å². The first kappa shape index (κ1) is 19.4. The van der Waals surface area contributed by atoms with Crippen molar-refractivity contribution in [3.05, 3.63) is 59.8 Å². The highest BCUT2D eigenvalue weighted by Crippen LogP contribution is 2.54. The standard InChI is InChI=1S/C24H22N2O5/c1-13(27)21-19-20(22-16-7-5-4-6-14(16)10-11-25(21)22)24(29)26(23(19)28)17-9-8-15(30-2)12-18(17)31-3/h4-12,19-22H,1-3H3/t19-,20-,21-,22-/m0/s1. The molecule has 0 bridgehead atoms. The van der Waals surface area contributed by atoms with Gasteiger partial charge in [0, 0.05) is 12.3 Å². The lowest BCUT2D eigenvalue weighted by Crippen LogP contribution is -2.43. The Morgan fingerprint density at radius 3 is 2.42 bits per heavy atom. The normalized spacial score (nSPS) is 25.9. The number of carbonyl (C=O) groups is 3. The Morgan fingerprint density at radius 1 is 0.968 bits per heavy atom. The zero-order valence-electron chi connectivity index (χ0n) is 17.4. The molecule has 2 fully saturated rings. The molecule has 7 nitrogen and oxygen atoms in total. The van der Waals surface area contributed by atoms with Gasteiger partial charge in [0.15, 0.2) is 5.78 Å². The van der Waals surface area contributed by atoms with Crippen LogP contribution in [0.4, 0.5) is 5.69 Å². The monoisotopic (exact) mass is 418 g/mol. The first-order chi connectivity index (χ1) is 15.0. The first-order valence-electron chi connectivity index (χ1n) is 10.1. The van der Waals surface area contributed by atoms with Gasteiger partial charge in [0.05, 0.1) is 43.8 Å². The van der Waals surface area contributed by atoms with E-state index in [9.17, 15) is 14.4 Å². The molecule has 0 radical (unpaired) electrons. The van der Waals surface area contributed by atoms with Crippen LogP contribution >= 0.6 is 0 Å². The summed E-state index contributed by atoms with van der Waals surface area (Å²) >= 11 is 0. The van der Waals surface area contributed by atoms with Gasteiger partial charge >= 0.3 is 0 Å². The summed E-state index contributed by atoms with van der Waals surface area (Å²) in [6, 6.07) is 11.7. The van der Waals surface area contributed by atoms with Crippen LogP contribution in [0.3, 0.4) is 0 Å². The second kappa shape index (κ2) is 6.97. The zero-order chi connectivity index (χ0) is 21.9. The predicted octanol–water partition coefficient (Wildman–Crippen LogP) is 2.81. The van der Waals surface area contributed by atoms with E-state index >= 15 is 0 Å². The summed E-state index contributed by atoms with van der Waals surface area (Å²) in [6.45, 7) is 1.48. The first-order valence-corrected chi connectivity index (χ1v) is 10.1. The number of amides is 2. The van der Waals surface area contributed by atoms with E-state index < -0.39 is 17.9 Å². The van der Waals surface area contributed by atoms with Gasteiger partial charge in [-0.05, 0) is 36.3 Å². The molecule has 2 aromatic rings. The van der Waals surface area contributed by atoms with E-state index in [4.69, 9.17) is 9.47 Å². The van der Waals surface area contributed by atoms with Crippen molar-refractivity contribution < 1.29 is 23.9 Å². The molecule has 158 valence electrons. The van der Waals surface area contributed by atoms with Gasteiger partial charge in [0.25, 0.3) is 0 Å². The number of Topliss-reactive ketones (excluding diaryl/α,β-unsaturated/α-hetero) is 1. The molecule has 0 aromatic heterocycles. The number of nitrogens with zero attached hydrogens (tertiary/aromatic N) is 2. The second-order valence-electron chi connectivity index (χ2n) is 7.99. The molecule has 7 heteroatoms. The summed E-state index contributed by atoms with van der Waals surface area (Å²) in [6.07, 6.45) is 3.78. The van der Waals surface area contributed by atoms with Crippen LogP contribution in [0.5, 0.6) is 11.5 Å². The number of benzene rings is 2. The molecule has 0 N–H and O–H groups in total. The topological polar surface area (TPSA) is 76.2 Å². The fraction of sp³-hybridized carbons (Fsp3) is 0.292. The molecule has 5 rings (SSSR count). The van der Waals surface area contributed by atoms with E-state index in [0.29, 0.717) is 17.2 Å². The highest BCUT2D eigenvalue weighted by molar-refractivity contribution is 6.24. The molecular formula is C24H22N2O5. The second-order valence-corrected chi connectivity index (χ2v) is 7.99. The van der Waals surface area contributed by atoms with E-state index in [0.717, 1.165) is 11.1 Å². The Bertz CT molecular complexity index is 1140. The summed E-state index contributed by atoms with van der Waals surface area (Å²) in [7, 11) is 3.01. The van der Waals surface area contributed by atoms with Crippen LogP contribution in [0.1, 0.15) is 24.1 Å². The van der Waals surface area contributed by atoms with Gasteiger partial charge in [0.2, 0.25) is 11.8 Å². The number of ketones is 1. The summed E-state index contributed by atoms with van der Waals surface area (Å²) in [5.41, 5.74) is 2.31. The lowest BCUT2D eigenvalue weighted by Gasteiger charge is -2.35. The predicted molar refractivity (Wildman–Crippen MR) is 114 cm³/mol. The Hall–Kier alpha value is -3.61. The molecule has 2 aromatic carbocycles. The lowest BCUT2D eigenvalue weighted by atomic mass is 9.84. The van der Waals surface area contributed by atoms with E-state index in [-0.39, 0.29) is 23.6 Å². The van der Waals surface area contributed by atoms with E-state index in [2.05, 4.69) is 0 Å². The van der Waals surface area contributed by atoms with Crippen molar-refractivity contribution in [2.24, 2.45) is 11.8 Å². The number of rotatable bonds is 4. The number of fused-ring (bicyclic) bond motifs is 5. The van der Waals surface area contributed by atoms with Crippen molar-refractivity contribution in [1.29, 1.82) is 0 Å². The van der Waals surface area contributed by atoms with E-state index in [1.165, 1.54) is 26.0 Å². The van der Waals surface area contributed by atoms with Gasteiger partial charge in [-0.2, -0.15) is 0 Å². The van der Waals surface area contributed by atoms with Crippen LogP contribution in [0.2, 0.25) is 0 Å². The smallest absolute Gasteiger partial charge is 0.240 e. The molecule has 2 amide bonds. The van der Waals surface area contributed by atoms with Crippen molar-refractivity contribution in [3.8, 4) is 11.5 Å². The van der Waals surface area contributed by atoms with Gasteiger partial charge in [-0.25, -0.2) is 4.90 Å². The number of hydrogen-bond acceptors (Lipinski definition) is 6. The minimum atomic E-state index is -0.752. The fourth-order valence-corrected chi connectivity index (χ4v) is 5.23. The highest BCUT2D eigenvalue weighted by Gasteiger charge is 2.64. The van der Waals surface area contributed by atoms with E-state index in [1.54, 1.807) is 18.2 Å². The lowest BCUT2D eigenvalue weighted by molar-refractivity contribution is -0.129. The largest absolute Gasteiger partial charge is 0.497 e. The molecule has 31 heavy (non-hydrogen) atoms. The van der Waals surface area contributed by atoms with Crippen LogP contribution in [0.15, 0.2) is 48.7 Å². The average Bonchev–Trinajstić information content (AvgIpc) is 3.26. The Kier molecular flexibility index (Phi) is 4.36. The third-order valence-electron chi connectivity index (χ3n) is 6.51. The Balaban J connectivity index is 1.64. The summed E-state index contributed by atoms with van der Waals surface area (Å²) < 4.78 is 10.7. The van der Waals surface area contributed by atoms with Crippen molar-refractivity contribution >= 4 is 29.4 Å².